The van der Waals surface area contributed by atoms with E-state index in [1.807, 2.05) is 19.9 Å². The van der Waals surface area contributed by atoms with Gasteiger partial charge in [-0.15, -0.1) is 0 Å². The van der Waals surface area contributed by atoms with Crippen LogP contribution in [0.3, 0.4) is 0 Å². The summed E-state index contributed by atoms with van der Waals surface area (Å²) in [5.41, 5.74) is 9.59. The van der Waals surface area contributed by atoms with E-state index < -0.39 is 0 Å². The number of benzene rings is 1. The van der Waals surface area contributed by atoms with Crippen LogP contribution in [0.4, 0.5) is 5.69 Å². The van der Waals surface area contributed by atoms with Crippen molar-refractivity contribution in [2.24, 2.45) is 0 Å². The molecule has 2 N–H and O–H groups in total. The van der Waals surface area contributed by atoms with E-state index in [9.17, 15) is 0 Å². The predicted molar refractivity (Wildman–Crippen MR) is 74.1 cm³/mol. The second kappa shape index (κ2) is 4.55. The standard InChI is InChI=1S/C13H12N4OS/c1-7-6-15-8(2)12(16-7)19-13-17-10-5-9(14)3-4-11(10)18-13/h3-6H,14H2,1-2H3. The Bertz CT molecular complexity index is 753. The molecule has 5 nitrogen and oxygen atoms in total. The SMILES string of the molecule is Cc1cnc(C)c(Sc2nc3cc(N)ccc3o2)n1. The van der Waals surface area contributed by atoms with Gasteiger partial charge in [-0.2, -0.15) is 0 Å². The minimum Gasteiger partial charge on any atom is -0.431 e. The fourth-order valence-electron chi connectivity index (χ4n) is 1.66. The molecule has 0 aliphatic heterocycles. The second-order valence-electron chi connectivity index (χ2n) is 4.21. The van der Waals surface area contributed by atoms with Crippen molar-refractivity contribution >= 4 is 28.5 Å². The number of oxazole rings is 1. The van der Waals surface area contributed by atoms with Crippen molar-refractivity contribution in [3.05, 3.63) is 35.8 Å². The zero-order chi connectivity index (χ0) is 13.4. The third-order valence-corrected chi connectivity index (χ3v) is 3.54. The fraction of sp³-hybridized carbons (Fsp3) is 0.154. The number of rotatable bonds is 2. The molecule has 3 aromatic rings. The quantitative estimate of drug-likeness (QED) is 0.723. The van der Waals surface area contributed by atoms with Gasteiger partial charge in [-0.05, 0) is 43.8 Å². The summed E-state index contributed by atoms with van der Waals surface area (Å²) in [7, 11) is 0. The lowest BCUT2D eigenvalue weighted by atomic mass is 10.3. The first-order valence-electron chi connectivity index (χ1n) is 5.76. The second-order valence-corrected chi connectivity index (χ2v) is 5.15. The molecule has 0 aliphatic rings. The Labute approximate surface area is 114 Å². The number of hydrogen-bond acceptors (Lipinski definition) is 6. The molecule has 1 aromatic carbocycles. The number of nitrogens with two attached hydrogens (primary N) is 1. The molecule has 0 unspecified atom stereocenters. The monoisotopic (exact) mass is 272 g/mol. The highest BCUT2D eigenvalue weighted by atomic mass is 32.2. The Hall–Kier alpha value is -2.08. The van der Waals surface area contributed by atoms with E-state index in [1.165, 1.54) is 11.8 Å². The van der Waals surface area contributed by atoms with Crippen LogP contribution in [0.15, 0.2) is 39.1 Å². The molecule has 0 radical (unpaired) electrons. The summed E-state index contributed by atoms with van der Waals surface area (Å²) in [5, 5.41) is 1.35. The van der Waals surface area contributed by atoms with Crippen molar-refractivity contribution in [3.63, 3.8) is 0 Å². The van der Waals surface area contributed by atoms with Crippen molar-refractivity contribution in [1.82, 2.24) is 15.0 Å². The topological polar surface area (TPSA) is 77.8 Å². The molecule has 0 bridgehead atoms. The maximum absolute atomic E-state index is 5.72. The van der Waals surface area contributed by atoms with Crippen molar-refractivity contribution in [2.75, 3.05) is 5.73 Å². The van der Waals surface area contributed by atoms with Crippen LogP contribution in [0.5, 0.6) is 0 Å². The highest BCUT2D eigenvalue weighted by molar-refractivity contribution is 7.99. The van der Waals surface area contributed by atoms with Gasteiger partial charge in [0.15, 0.2) is 5.58 Å². The number of anilines is 1. The molecular formula is C13H12N4OS. The third-order valence-electron chi connectivity index (χ3n) is 2.61. The van der Waals surface area contributed by atoms with Crippen LogP contribution in [0.2, 0.25) is 0 Å². The van der Waals surface area contributed by atoms with E-state index in [2.05, 4.69) is 15.0 Å². The van der Waals surface area contributed by atoms with Gasteiger partial charge in [0.05, 0.1) is 11.4 Å². The van der Waals surface area contributed by atoms with Gasteiger partial charge in [0.2, 0.25) is 0 Å². The molecule has 0 amide bonds. The molecular weight excluding hydrogens is 260 g/mol. The summed E-state index contributed by atoms with van der Waals surface area (Å²) in [6.07, 6.45) is 1.74. The maximum atomic E-state index is 5.72. The minimum atomic E-state index is 0.545. The van der Waals surface area contributed by atoms with Crippen LogP contribution >= 0.6 is 11.8 Å². The molecule has 0 atom stereocenters. The molecule has 0 aliphatic carbocycles. The largest absolute Gasteiger partial charge is 0.431 e. The van der Waals surface area contributed by atoms with E-state index in [0.717, 1.165) is 27.5 Å². The molecule has 19 heavy (non-hydrogen) atoms. The molecule has 2 heterocycles. The zero-order valence-electron chi connectivity index (χ0n) is 10.5. The molecule has 96 valence electrons. The van der Waals surface area contributed by atoms with Gasteiger partial charge in [0, 0.05) is 11.9 Å². The van der Waals surface area contributed by atoms with Gasteiger partial charge in [-0.25, -0.2) is 9.97 Å². The lowest BCUT2D eigenvalue weighted by molar-refractivity contribution is 0.489. The first-order chi connectivity index (χ1) is 9.11. The predicted octanol–water partition coefficient (Wildman–Crippen LogP) is 2.97. The number of aromatic nitrogens is 3. The Morgan fingerprint density at radius 1 is 1.21 bits per heavy atom. The molecule has 6 heteroatoms. The van der Waals surface area contributed by atoms with Gasteiger partial charge in [-0.1, -0.05) is 0 Å². The molecule has 0 fully saturated rings. The van der Waals surface area contributed by atoms with E-state index in [1.54, 1.807) is 18.3 Å². The summed E-state index contributed by atoms with van der Waals surface area (Å²) in [5.74, 6) is 0. The van der Waals surface area contributed by atoms with Gasteiger partial charge in [0.1, 0.15) is 10.5 Å². The molecule has 2 aromatic heterocycles. The molecule has 0 saturated carbocycles. The average molecular weight is 272 g/mol. The minimum absolute atomic E-state index is 0.545. The number of nitrogens with zero attached hydrogens (tertiary/aromatic N) is 3. The smallest absolute Gasteiger partial charge is 0.263 e. The number of hydrogen-bond donors (Lipinski definition) is 1. The lowest BCUT2D eigenvalue weighted by Gasteiger charge is -2.01. The Morgan fingerprint density at radius 3 is 2.89 bits per heavy atom. The summed E-state index contributed by atoms with van der Waals surface area (Å²) in [6.45, 7) is 3.82. The first-order valence-corrected chi connectivity index (χ1v) is 6.57. The lowest BCUT2D eigenvalue weighted by Crippen LogP contribution is -1.92. The van der Waals surface area contributed by atoms with Crippen LogP contribution in [-0.4, -0.2) is 15.0 Å². The molecule has 0 saturated heterocycles. The van der Waals surface area contributed by atoms with E-state index >= 15 is 0 Å². The Balaban J connectivity index is 1.98. The highest BCUT2D eigenvalue weighted by Gasteiger charge is 2.11. The van der Waals surface area contributed by atoms with Crippen LogP contribution in [-0.2, 0) is 0 Å². The van der Waals surface area contributed by atoms with Gasteiger partial charge in [-0.3, -0.25) is 4.98 Å². The van der Waals surface area contributed by atoms with Crippen molar-refractivity contribution < 1.29 is 4.42 Å². The van der Waals surface area contributed by atoms with Crippen LogP contribution in [0.1, 0.15) is 11.4 Å². The number of fused-ring (bicyclic) bond motifs is 1. The van der Waals surface area contributed by atoms with E-state index in [4.69, 9.17) is 10.2 Å². The first kappa shape index (κ1) is 12.0. The summed E-state index contributed by atoms with van der Waals surface area (Å²) >= 11 is 1.37. The molecule has 0 spiro atoms. The number of nitrogen functional groups attached to an aromatic ring is 1. The highest BCUT2D eigenvalue weighted by Crippen LogP contribution is 2.30. The van der Waals surface area contributed by atoms with E-state index in [0.29, 0.717) is 10.9 Å². The number of aryl methyl sites for hydroxylation is 2. The van der Waals surface area contributed by atoms with Crippen LogP contribution in [0, 0.1) is 13.8 Å². The van der Waals surface area contributed by atoms with Gasteiger partial charge in [0.25, 0.3) is 5.22 Å². The van der Waals surface area contributed by atoms with Gasteiger partial charge < -0.3 is 10.2 Å². The average Bonchev–Trinajstić information content (AvgIpc) is 2.75. The maximum Gasteiger partial charge on any atom is 0.263 e. The normalized spacial score (nSPS) is 11.1. The summed E-state index contributed by atoms with van der Waals surface area (Å²) < 4.78 is 5.65. The van der Waals surface area contributed by atoms with Crippen LogP contribution in [0.25, 0.3) is 11.1 Å². The van der Waals surface area contributed by atoms with Gasteiger partial charge >= 0.3 is 0 Å². The van der Waals surface area contributed by atoms with E-state index in [-0.39, 0.29) is 0 Å². The summed E-state index contributed by atoms with van der Waals surface area (Å²) in [6, 6.07) is 5.40. The van der Waals surface area contributed by atoms with Crippen LogP contribution < -0.4 is 5.73 Å². The Kier molecular flexibility index (Phi) is 2.87. The van der Waals surface area contributed by atoms with Crippen molar-refractivity contribution in [3.8, 4) is 0 Å². The van der Waals surface area contributed by atoms with Crippen molar-refractivity contribution in [1.29, 1.82) is 0 Å². The fourth-order valence-corrected chi connectivity index (χ4v) is 2.49. The third kappa shape index (κ3) is 2.39. The zero-order valence-corrected chi connectivity index (χ0v) is 11.4. The Morgan fingerprint density at radius 2 is 2.05 bits per heavy atom. The summed E-state index contributed by atoms with van der Waals surface area (Å²) in [4.78, 5) is 13.1. The van der Waals surface area contributed by atoms with Crippen molar-refractivity contribution in [2.45, 2.75) is 24.1 Å². The molecule has 3 rings (SSSR count).